The summed E-state index contributed by atoms with van der Waals surface area (Å²) in [6, 6.07) is 6.24. The molecule has 1 aromatic heterocycles. The molecule has 0 saturated carbocycles. The normalized spacial score (nSPS) is 10.4. The van der Waals surface area contributed by atoms with Crippen LogP contribution in [0.25, 0.3) is 11.0 Å². The Balaban J connectivity index is 2.84. The lowest BCUT2D eigenvalue weighted by Gasteiger charge is -2.06. The second-order valence-corrected chi connectivity index (χ2v) is 3.42. The van der Waals surface area contributed by atoms with Crippen molar-refractivity contribution in [3.63, 3.8) is 0 Å². The summed E-state index contributed by atoms with van der Waals surface area (Å²) in [6.45, 7) is 1.80. The van der Waals surface area contributed by atoms with E-state index in [-0.39, 0.29) is 0 Å². The Bertz CT molecular complexity index is 610. The molecule has 0 bridgehead atoms. The molecule has 0 amide bonds. The SMILES string of the molecule is COC(=O)c1c(C)ccc2oc(=O)ccc12. The van der Waals surface area contributed by atoms with E-state index in [1.807, 2.05) is 0 Å². The Morgan fingerprint density at radius 1 is 1.25 bits per heavy atom. The van der Waals surface area contributed by atoms with Crippen LogP contribution in [0.4, 0.5) is 0 Å². The lowest BCUT2D eigenvalue weighted by molar-refractivity contribution is 0.0602. The molecule has 1 aromatic carbocycles. The van der Waals surface area contributed by atoms with E-state index in [2.05, 4.69) is 0 Å². The fourth-order valence-electron chi connectivity index (χ4n) is 1.63. The van der Waals surface area contributed by atoms with Gasteiger partial charge in [0.05, 0.1) is 12.7 Å². The maximum absolute atomic E-state index is 11.6. The third-order valence-electron chi connectivity index (χ3n) is 2.40. The molecule has 4 nitrogen and oxygen atoms in total. The monoisotopic (exact) mass is 218 g/mol. The number of rotatable bonds is 1. The second-order valence-electron chi connectivity index (χ2n) is 3.42. The molecule has 0 aliphatic rings. The fraction of sp³-hybridized carbons (Fsp3) is 0.167. The average Bonchev–Trinajstić information content (AvgIpc) is 2.28. The minimum Gasteiger partial charge on any atom is -0.465 e. The van der Waals surface area contributed by atoms with E-state index in [0.717, 1.165) is 5.56 Å². The van der Waals surface area contributed by atoms with E-state index in [4.69, 9.17) is 9.15 Å². The zero-order valence-corrected chi connectivity index (χ0v) is 8.94. The molecular formula is C12H10O4. The number of hydrogen-bond acceptors (Lipinski definition) is 4. The highest BCUT2D eigenvalue weighted by molar-refractivity contribution is 6.04. The number of methoxy groups -OCH3 is 1. The number of ether oxygens (including phenoxy) is 1. The minimum absolute atomic E-state index is 0.388. The van der Waals surface area contributed by atoms with Crippen molar-refractivity contribution < 1.29 is 13.9 Å². The first-order chi connectivity index (χ1) is 7.63. The smallest absolute Gasteiger partial charge is 0.338 e. The van der Waals surface area contributed by atoms with Crippen LogP contribution in [0.5, 0.6) is 0 Å². The predicted octanol–water partition coefficient (Wildman–Crippen LogP) is 1.89. The van der Waals surface area contributed by atoms with Crippen molar-refractivity contribution in [2.45, 2.75) is 6.92 Å². The molecule has 0 fully saturated rings. The lowest BCUT2D eigenvalue weighted by Crippen LogP contribution is -2.06. The molecule has 0 radical (unpaired) electrons. The number of esters is 1. The van der Waals surface area contributed by atoms with Crippen LogP contribution in [-0.2, 0) is 4.74 Å². The topological polar surface area (TPSA) is 56.5 Å². The van der Waals surface area contributed by atoms with Crippen LogP contribution in [-0.4, -0.2) is 13.1 Å². The van der Waals surface area contributed by atoms with Gasteiger partial charge in [0.15, 0.2) is 0 Å². The van der Waals surface area contributed by atoms with Crippen LogP contribution in [0, 0.1) is 6.92 Å². The van der Waals surface area contributed by atoms with E-state index in [1.54, 1.807) is 25.1 Å². The molecule has 1 heterocycles. The number of fused-ring (bicyclic) bond motifs is 1. The summed E-state index contributed by atoms with van der Waals surface area (Å²) in [5, 5.41) is 0.589. The average molecular weight is 218 g/mol. The van der Waals surface area contributed by atoms with Gasteiger partial charge < -0.3 is 9.15 Å². The second kappa shape index (κ2) is 3.81. The Labute approximate surface area is 91.4 Å². The van der Waals surface area contributed by atoms with Crippen LogP contribution >= 0.6 is 0 Å². The first kappa shape index (κ1) is 10.4. The van der Waals surface area contributed by atoms with Crippen molar-refractivity contribution in [1.82, 2.24) is 0 Å². The lowest BCUT2D eigenvalue weighted by atomic mass is 10.0. The maximum Gasteiger partial charge on any atom is 0.338 e. The van der Waals surface area contributed by atoms with E-state index in [9.17, 15) is 9.59 Å². The highest BCUT2D eigenvalue weighted by Crippen LogP contribution is 2.21. The molecule has 82 valence electrons. The van der Waals surface area contributed by atoms with Crippen molar-refractivity contribution in [1.29, 1.82) is 0 Å². The van der Waals surface area contributed by atoms with Gasteiger partial charge in [-0.05, 0) is 24.6 Å². The largest absolute Gasteiger partial charge is 0.465 e. The summed E-state index contributed by atoms with van der Waals surface area (Å²) in [5.74, 6) is -0.433. The standard InChI is InChI=1S/C12H10O4/c1-7-3-5-9-8(4-6-10(13)16-9)11(7)12(14)15-2/h3-6H,1-2H3. The third kappa shape index (κ3) is 1.58. The molecule has 0 aliphatic heterocycles. The number of carbonyl (C=O) groups excluding carboxylic acids is 1. The minimum atomic E-state index is -0.438. The highest BCUT2D eigenvalue weighted by Gasteiger charge is 2.14. The first-order valence-corrected chi connectivity index (χ1v) is 4.75. The van der Waals surface area contributed by atoms with Crippen molar-refractivity contribution in [2.24, 2.45) is 0 Å². The van der Waals surface area contributed by atoms with Gasteiger partial charge in [0.2, 0.25) is 0 Å². The molecule has 2 aromatic rings. The first-order valence-electron chi connectivity index (χ1n) is 4.75. The molecular weight excluding hydrogens is 208 g/mol. The summed E-state index contributed by atoms with van der Waals surface area (Å²) in [4.78, 5) is 22.6. The van der Waals surface area contributed by atoms with E-state index in [0.29, 0.717) is 16.5 Å². The molecule has 16 heavy (non-hydrogen) atoms. The number of aryl methyl sites for hydroxylation is 1. The van der Waals surface area contributed by atoms with Crippen molar-refractivity contribution in [3.05, 3.63) is 45.8 Å². The number of hydrogen-bond donors (Lipinski definition) is 0. The Hall–Kier alpha value is -2.10. The Morgan fingerprint density at radius 3 is 2.69 bits per heavy atom. The zero-order chi connectivity index (χ0) is 11.7. The number of benzene rings is 1. The van der Waals surface area contributed by atoms with Crippen LogP contribution in [0.1, 0.15) is 15.9 Å². The molecule has 2 rings (SSSR count). The van der Waals surface area contributed by atoms with Crippen molar-refractivity contribution >= 4 is 16.9 Å². The summed E-state index contributed by atoms with van der Waals surface area (Å²) in [5.41, 5.74) is 1.17. The van der Waals surface area contributed by atoms with Gasteiger partial charge in [-0.1, -0.05) is 6.07 Å². The molecule has 0 saturated heterocycles. The quantitative estimate of drug-likeness (QED) is 0.541. The van der Waals surface area contributed by atoms with Gasteiger partial charge >= 0.3 is 11.6 Å². The number of carbonyl (C=O) groups is 1. The van der Waals surface area contributed by atoms with E-state index >= 15 is 0 Å². The van der Waals surface area contributed by atoms with E-state index < -0.39 is 11.6 Å². The van der Waals surface area contributed by atoms with Crippen LogP contribution in [0.3, 0.4) is 0 Å². The summed E-state index contributed by atoms with van der Waals surface area (Å²) >= 11 is 0. The van der Waals surface area contributed by atoms with E-state index in [1.165, 1.54) is 13.2 Å². The van der Waals surface area contributed by atoms with Gasteiger partial charge in [-0.25, -0.2) is 9.59 Å². The van der Waals surface area contributed by atoms with Gasteiger partial charge in [0.25, 0.3) is 0 Å². The Morgan fingerprint density at radius 2 is 2.00 bits per heavy atom. The Kier molecular flexibility index (Phi) is 2.48. The van der Waals surface area contributed by atoms with Crippen LogP contribution in [0.15, 0.2) is 33.5 Å². The maximum atomic E-state index is 11.6. The summed E-state index contributed by atoms with van der Waals surface area (Å²) in [7, 11) is 1.32. The van der Waals surface area contributed by atoms with Gasteiger partial charge in [-0.3, -0.25) is 0 Å². The van der Waals surface area contributed by atoms with Crippen LogP contribution in [0.2, 0.25) is 0 Å². The molecule has 0 N–H and O–H groups in total. The van der Waals surface area contributed by atoms with Crippen molar-refractivity contribution in [3.8, 4) is 0 Å². The molecule has 0 atom stereocenters. The van der Waals surface area contributed by atoms with Gasteiger partial charge in [-0.2, -0.15) is 0 Å². The summed E-state index contributed by atoms with van der Waals surface area (Å²) < 4.78 is 9.69. The van der Waals surface area contributed by atoms with Crippen LogP contribution < -0.4 is 5.63 Å². The van der Waals surface area contributed by atoms with Gasteiger partial charge in [-0.15, -0.1) is 0 Å². The fourth-order valence-corrected chi connectivity index (χ4v) is 1.63. The third-order valence-corrected chi connectivity index (χ3v) is 2.40. The van der Waals surface area contributed by atoms with Gasteiger partial charge in [0, 0.05) is 11.5 Å². The summed E-state index contributed by atoms with van der Waals surface area (Å²) in [6.07, 6.45) is 0. The predicted molar refractivity (Wildman–Crippen MR) is 58.6 cm³/mol. The molecule has 4 heteroatoms. The molecule has 0 aliphatic carbocycles. The zero-order valence-electron chi connectivity index (χ0n) is 8.94. The van der Waals surface area contributed by atoms with Crippen molar-refractivity contribution in [2.75, 3.05) is 7.11 Å². The van der Waals surface area contributed by atoms with Gasteiger partial charge in [0.1, 0.15) is 5.58 Å². The molecule has 0 spiro atoms. The highest BCUT2D eigenvalue weighted by atomic mass is 16.5. The molecule has 0 unspecified atom stereocenters.